The van der Waals surface area contributed by atoms with Crippen molar-refractivity contribution in [3.63, 3.8) is 0 Å². The van der Waals surface area contributed by atoms with Crippen molar-refractivity contribution in [2.24, 2.45) is 0 Å². The van der Waals surface area contributed by atoms with E-state index in [0.717, 1.165) is 30.1 Å². The van der Waals surface area contributed by atoms with Crippen molar-refractivity contribution >= 4 is 17.3 Å². The number of hydrogen-bond acceptors (Lipinski definition) is 3. The summed E-state index contributed by atoms with van der Waals surface area (Å²) in [6.45, 7) is 2.25. The Labute approximate surface area is 137 Å². The van der Waals surface area contributed by atoms with E-state index >= 15 is 0 Å². The number of carbonyl (C=O) groups excluding carboxylic acids is 1. The number of amides is 1. The lowest BCUT2D eigenvalue weighted by Gasteiger charge is -2.17. The Morgan fingerprint density at radius 3 is 2.48 bits per heavy atom. The van der Waals surface area contributed by atoms with Gasteiger partial charge in [-0.3, -0.25) is 4.79 Å². The van der Waals surface area contributed by atoms with E-state index in [1.54, 1.807) is 7.11 Å². The third-order valence-corrected chi connectivity index (χ3v) is 4.17. The van der Waals surface area contributed by atoms with E-state index in [4.69, 9.17) is 4.74 Å². The van der Waals surface area contributed by atoms with Gasteiger partial charge in [-0.15, -0.1) is 0 Å². The molecule has 0 bridgehead atoms. The first-order chi connectivity index (χ1) is 11.3. The van der Waals surface area contributed by atoms with E-state index in [1.165, 1.54) is 18.5 Å². The van der Waals surface area contributed by atoms with Crippen LogP contribution in [0.4, 0.5) is 11.4 Å². The van der Waals surface area contributed by atoms with Crippen molar-refractivity contribution in [3.8, 4) is 5.75 Å². The molecule has 4 nitrogen and oxygen atoms in total. The zero-order chi connectivity index (χ0) is 16.1. The van der Waals surface area contributed by atoms with Crippen LogP contribution in [0.1, 0.15) is 18.4 Å². The Balaban J connectivity index is 1.61. The summed E-state index contributed by atoms with van der Waals surface area (Å²) in [5, 5.41) is 2.95. The second-order valence-corrected chi connectivity index (χ2v) is 5.78. The standard InChI is InChI=1S/C19H22N2O2/c1-23-18-7-3-2-6-15(18)14-19(22)20-16-8-10-17(11-9-16)21-12-4-5-13-21/h2-3,6-11H,4-5,12-14H2,1H3,(H,20,22). The van der Waals surface area contributed by atoms with Crippen molar-refractivity contribution in [1.29, 1.82) is 0 Å². The van der Waals surface area contributed by atoms with Crippen LogP contribution in [0.15, 0.2) is 48.5 Å². The molecular formula is C19H22N2O2. The average molecular weight is 310 g/mol. The van der Waals surface area contributed by atoms with Crippen LogP contribution in [-0.4, -0.2) is 26.1 Å². The Morgan fingerprint density at radius 1 is 1.09 bits per heavy atom. The van der Waals surface area contributed by atoms with Gasteiger partial charge >= 0.3 is 0 Å². The van der Waals surface area contributed by atoms with E-state index in [2.05, 4.69) is 22.3 Å². The molecule has 1 fully saturated rings. The maximum Gasteiger partial charge on any atom is 0.228 e. The van der Waals surface area contributed by atoms with Gasteiger partial charge in [0.25, 0.3) is 0 Å². The van der Waals surface area contributed by atoms with Gasteiger partial charge in [0, 0.05) is 30.0 Å². The van der Waals surface area contributed by atoms with E-state index in [9.17, 15) is 4.79 Å². The molecule has 3 rings (SSSR count). The molecule has 1 aliphatic heterocycles. The summed E-state index contributed by atoms with van der Waals surface area (Å²) in [6.07, 6.45) is 2.83. The number of rotatable bonds is 5. The van der Waals surface area contributed by atoms with Gasteiger partial charge in [0.2, 0.25) is 5.91 Å². The minimum atomic E-state index is -0.0385. The fourth-order valence-electron chi connectivity index (χ4n) is 2.96. The zero-order valence-electron chi connectivity index (χ0n) is 13.4. The third-order valence-electron chi connectivity index (χ3n) is 4.17. The summed E-state index contributed by atoms with van der Waals surface area (Å²) in [7, 11) is 1.62. The Morgan fingerprint density at radius 2 is 1.78 bits per heavy atom. The van der Waals surface area contributed by atoms with Gasteiger partial charge in [-0.05, 0) is 43.2 Å². The maximum absolute atomic E-state index is 12.2. The summed E-state index contributed by atoms with van der Waals surface area (Å²) < 4.78 is 5.28. The van der Waals surface area contributed by atoms with E-state index in [1.807, 2.05) is 36.4 Å². The number of nitrogens with zero attached hydrogens (tertiary/aromatic N) is 1. The number of methoxy groups -OCH3 is 1. The predicted octanol–water partition coefficient (Wildman–Crippen LogP) is 3.48. The maximum atomic E-state index is 12.2. The van der Waals surface area contributed by atoms with Crippen LogP contribution in [-0.2, 0) is 11.2 Å². The summed E-state index contributed by atoms with van der Waals surface area (Å²) in [5.41, 5.74) is 2.94. The minimum absolute atomic E-state index is 0.0385. The van der Waals surface area contributed by atoms with E-state index in [0.29, 0.717) is 6.42 Å². The first kappa shape index (κ1) is 15.4. The van der Waals surface area contributed by atoms with Crippen LogP contribution in [0.2, 0.25) is 0 Å². The van der Waals surface area contributed by atoms with Gasteiger partial charge in [0.1, 0.15) is 5.75 Å². The summed E-state index contributed by atoms with van der Waals surface area (Å²) >= 11 is 0. The molecule has 1 amide bonds. The fraction of sp³-hybridized carbons (Fsp3) is 0.316. The normalized spacial score (nSPS) is 13.9. The topological polar surface area (TPSA) is 41.6 Å². The predicted molar refractivity (Wildman–Crippen MR) is 93.2 cm³/mol. The fourth-order valence-corrected chi connectivity index (χ4v) is 2.96. The molecule has 1 N–H and O–H groups in total. The first-order valence-electron chi connectivity index (χ1n) is 8.03. The van der Waals surface area contributed by atoms with Crippen LogP contribution in [0.3, 0.4) is 0 Å². The van der Waals surface area contributed by atoms with Crippen molar-refractivity contribution < 1.29 is 9.53 Å². The molecule has 2 aromatic carbocycles. The molecule has 1 aliphatic rings. The molecule has 0 saturated carbocycles. The zero-order valence-corrected chi connectivity index (χ0v) is 13.4. The highest BCUT2D eigenvalue weighted by atomic mass is 16.5. The number of carbonyl (C=O) groups is 1. The Hall–Kier alpha value is -2.49. The molecule has 0 aromatic heterocycles. The molecule has 0 spiro atoms. The summed E-state index contributed by atoms with van der Waals surface area (Å²) in [6, 6.07) is 15.7. The molecule has 0 atom stereocenters. The Bertz CT molecular complexity index is 661. The number of ether oxygens (including phenoxy) is 1. The van der Waals surface area contributed by atoms with E-state index < -0.39 is 0 Å². The monoisotopic (exact) mass is 310 g/mol. The van der Waals surface area contributed by atoms with Gasteiger partial charge < -0.3 is 15.0 Å². The van der Waals surface area contributed by atoms with Gasteiger partial charge in [0.05, 0.1) is 13.5 Å². The van der Waals surface area contributed by atoms with Crippen LogP contribution >= 0.6 is 0 Å². The number of hydrogen-bond donors (Lipinski definition) is 1. The highest BCUT2D eigenvalue weighted by Gasteiger charge is 2.12. The number of para-hydroxylation sites is 1. The SMILES string of the molecule is COc1ccccc1CC(=O)Nc1ccc(N2CCCC2)cc1. The minimum Gasteiger partial charge on any atom is -0.496 e. The molecule has 2 aromatic rings. The molecule has 0 unspecified atom stereocenters. The number of benzene rings is 2. The largest absolute Gasteiger partial charge is 0.496 e. The molecule has 0 radical (unpaired) electrons. The third kappa shape index (κ3) is 3.83. The molecule has 120 valence electrons. The lowest BCUT2D eigenvalue weighted by Crippen LogP contribution is -2.18. The van der Waals surface area contributed by atoms with Crippen molar-refractivity contribution in [3.05, 3.63) is 54.1 Å². The van der Waals surface area contributed by atoms with Crippen LogP contribution in [0.25, 0.3) is 0 Å². The molecule has 1 saturated heterocycles. The smallest absolute Gasteiger partial charge is 0.228 e. The Kier molecular flexibility index (Phi) is 4.81. The quantitative estimate of drug-likeness (QED) is 0.919. The number of nitrogens with one attached hydrogen (secondary N) is 1. The van der Waals surface area contributed by atoms with Crippen LogP contribution in [0, 0.1) is 0 Å². The molecule has 1 heterocycles. The van der Waals surface area contributed by atoms with Crippen molar-refractivity contribution in [1.82, 2.24) is 0 Å². The second kappa shape index (κ2) is 7.18. The average Bonchev–Trinajstić information content (AvgIpc) is 3.10. The molecule has 23 heavy (non-hydrogen) atoms. The number of anilines is 2. The lowest BCUT2D eigenvalue weighted by molar-refractivity contribution is -0.115. The summed E-state index contributed by atoms with van der Waals surface area (Å²) in [4.78, 5) is 14.6. The first-order valence-corrected chi connectivity index (χ1v) is 8.03. The summed E-state index contributed by atoms with van der Waals surface area (Å²) in [5.74, 6) is 0.704. The van der Waals surface area contributed by atoms with E-state index in [-0.39, 0.29) is 5.91 Å². The highest BCUT2D eigenvalue weighted by Crippen LogP contribution is 2.22. The van der Waals surface area contributed by atoms with Gasteiger partial charge in [0.15, 0.2) is 0 Å². The van der Waals surface area contributed by atoms with Crippen molar-refractivity contribution in [2.75, 3.05) is 30.4 Å². The second-order valence-electron chi connectivity index (χ2n) is 5.78. The van der Waals surface area contributed by atoms with Gasteiger partial charge in [-0.25, -0.2) is 0 Å². The lowest BCUT2D eigenvalue weighted by atomic mass is 10.1. The van der Waals surface area contributed by atoms with Crippen LogP contribution in [0.5, 0.6) is 5.75 Å². The molecular weight excluding hydrogens is 288 g/mol. The molecule has 0 aliphatic carbocycles. The van der Waals surface area contributed by atoms with Crippen LogP contribution < -0.4 is 15.0 Å². The molecule has 4 heteroatoms. The van der Waals surface area contributed by atoms with Gasteiger partial charge in [-0.2, -0.15) is 0 Å². The highest BCUT2D eigenvalue weighted by molar-refractivity contribution is 5.92. The van der Waals surface area contributed by atoms with Crippen molar-refractivity contribution in [2.45, 2.75) is 19.3 Å². The van der Waals surface area contributed by atoms with Gasteiger partial charge in [-0.1, -0.05) is 18.2 Å².